The van der Waals surface area contributed by atoms with Gasteiger partial charge in [0.25, 0.3) is 12.3 Å². The molecule has 0 atom stereocenters. The van der Waals surface area contributed by atoms with Crippen molar-refractivity contribution >= 4 is 5.91 Å². The number of hydrogen-bond donors (Lipinski definition) is 1. The Morgan fingerprint density at radius 1 is 1.27 bits per heavy atom. The molecule has 2 heterocycles. The summed E-state index contributed by atoms with van der Waals surface area (Å²) in [6, 6.07) is 5.96. The van der Waals surface area contributed by atoms with Crippen LogP contribution in [0.5, 0.6) is 0 Å². The molecule has 9 heteroatoms. The maximum atomic E-state index is 14.3. The Labute approximate surface area is 147 Å². The van der Waals surface area contributed by atoms with Crippen LogP contribution in [0.25, 0.3) is 5.69 Å². The molecule has 0 bridgehead atoms. The summed E-state index contributed by atoms with van der Waals surface area (Å²) in [4.78, 5) is 16.1. The van der Waals surface area contributed by atoms with Crippen LogP contribution in [-0.4, -0.2) is 31.7 Å². The molecule has 3 aromatic rings. The Morgan fingerprint density at radius 2 is 2.08 bits per heavy atom. The number of nitrogens with one attached hydrogen (secondary N) is 1. The molecule has 136 valence electrons. The summed E-state index contributed by atoms with van der Waals surface area (Å²) in [5, 5.41) is 6.36. The number of rotatable bonds is 6. The monoisotopic (exact) mass is 363 g/mol. The predicted molar refractivity (Wildman–Crippen MR) is 87.7 cm³/mol. The lowest BCUT2D eigenvalue weighted by atomic mass is 10.2. The van der Waals surface area contributed by atoms with Gasteiger partial charge in [-0.1, -0.05) is 6.07 Å². The van der Waals surface area contributed by atoms with Crippen LogP contribution in [0.15, 0.2) is 42.9 Å². The summed E-state index contributed by atoms with van der Waals surface area (Å²) < 4.78 is 41.5. The van der Waals surface area contributed by atoms with Crippen molar-refractivity contribution in [1.82, 2.24) is 24.6 Å². The van der Waals surface area contributed by atoms with Gasteiger partial charge in [-0.05, 0) is 30.7 Å². The molecule has 1 amide bonds. The quantitative estimate of drug-likeness (QED) is 0.732. The molecule has 0 spiro atoms. The zero-order valence-electron chi connectivity index (χ0n) is 13.9. The number of aryl methyl sites for hydroxylation is 1. The third-order valence-corrected chi connectivity index (χ3v) is 3.75. The Kier molecular flexibility index (Phi) is 5.06. The average molecular weight is 363 g/mol. The third kappa shape index (κ3) is 3.93. The van der Waals surface area contributed by atoms with Crippen molar-refractivity contribution in [3.05, 3.63) is 65.8 Å². The number of carbonyl (C=O) groups excluding carboxylic acids is 1. The minimum absolute atomic E-state index is 0.0248. The summed E-state index contributed by atoms with van der Waals surface area (Å²) in [7, 11) is 0. The van der Waals surface area contributed by atoms with Crippen molar-refractivity contribution in [1.29, 1.82) is 0 Å². The molecule has 1 N–H and O–H groups in total. The van der Waals surface area contributed by atoms with Crippen molar-refractivity contribution in [2.45, 2.75) is 26.4 Å². The number of amides is 1. The van der Waals surface area contributed by atoms with Crippen LogP contribution in [0, 0.1) is 12.7 Å². The molecular formula is C17H16F3N5O. The lowest BCUT2D eigenvalue weighted by Gasteiger charge is -2.09. The van der Waals surface area contributed by atoms with Crippen molar-refractivity contribution in [2.75, 3.05) is 0 Å². The van der Waals surface area contributed by atoms with Gasteiger partial charge in [0.15, 0.2) is 0 Å². The highest BCUT2D eigenvalue weighted by Gasteiger charge is 2.12. The molecule has 0 aliphatic heterocycles. The smallest absolute Gasteiger partial charge is 0.272 e. The summed E-state index contributed by atoms with van der Waals surface area (Å²) in [5.41, 5.74) is 0.946. The van der Waals surface area contributed by atoms with Crippen molar-refractivity contribution in [2.24, 2.45) is 0 Å². The van der Waals surface area contributed by atoms with E-state index in [1.165, 1.54) is 18.3 Å². The van der Waals surface area contributed by atoms with Crippen LogP contribution in [0.1, 0.15) is 21.9 Å². The van der Waals surface area contributed by atoms with Gasteiger partial charge in [-0.3, -0.25) is 9.48 Å². The van der Waals surface area contributed by atoms with Crippen LogP contribution in [0.4, 0.5) is 13.2 Å². The largest absolute Gasteiger partial charge is 0.347 e. The second-order valence-corrected chi connectivity index (χ2v) is 5.63. The minimum Gasteiger partial charge on any atom is -0.347 e. The molecule has 6 nitrogen and oxygen atoms in total. The maximum Gasteiger partial charge on any atom is 0.272 e. The maximum absolute atomic E-state index is 14.3. The summed E-state index contributed by atoms with van der Waals surface area (Å²) >= 11 is 0. The van der Waals surface area contributed by atoms with Crippen LogP contribution >= 0.6 is 0 Å². The molecule has 1 aromatic carbocycles. The van der Waals surface area contributed by atoms with E-state index in [9.17, 15) is 18.0 Å². The fourth-order valence-corrected chi connectivity index (χ4v) is 2.49. The fraction of sp³-hybridized carbons (Fsp3) is 0.235. The predicted octanol–water partition coefficient (Wildman–Crippen LogP) is 2.71. The highest BCUT2D eigenvalue weighted by molar-refractivity contribution is 5.92. The van der Waals surface area contributed by atoms with Crippen molar-refractivity contribution in [3.8, 4) is 5.69 Å². The van der Waals surface area contributed by atoms with Crippen molar-refractivity contribution in [3.63, 3.8) is 0 Å². The molecule has 0 aliphatic carbocycles. The number of nitrogens with zero attached hydrogens (tertiary/aromatic N) is 4. The lowest BCUT2D eigenvalue weighted by molar-refractivity contribution is 0.0940. The Bertz CT molecular complexity index is 919. The van der Waals surface area contributed by atoms with Gasteiger partial charge in [0.1, 0.15) is 23.9 Å². The number of alkyl halides is 2. The van der Waals surface area contributed by atoms with E-state index >= 15 is 0 Å². The first kappa shape index (κ1) is 17.7. The van der Waals surface area contributed by atoms with E-state index in [2.05, 4.69) is 15.4 Å². The summed E-state index contributed by atoms with van der Waals surface area (Å²) in [6.45, 7) is 1.27. The lowest BCUT2D eigenvalue weighted by Crippen LogP contribution is -2.23. The number of hydrogen-bond acceptors (Lipinski definition) is 3. The second-order valence-electron chi connectivity index (χ2n) is 5.63. The molecular weight excluding hydrogens is 347 g/mol. The molecule has 0 saturated carbocycles. The summed E-state index contributed by atoms with van der Waals surface area (Å²) in [5.74, 6) is -0.309. The topological polar surface area (TPSA) is 64.7 Å². The Balaban J connectivity index is 1.64. The zero-order chi connectivity index (χ0) is 18.7. The van der Waals surface area contributed by atoms with E-state index in [0.717, 1.165) is 4.68 Å². The van der Waals surface area contributed by atoms with E-state index in [1.54, 1.807) is 36.0 Å². The number of imidazole rings is 1. The van der Waals surface area contributed by atoms with Gasteiger partial charge in [0.05, 0.1) is 5.69 Å². The second kappa shape index (κ2) is 7.42. The standard InChI is InChI=1S/C17H16F3N5O/c1-11-21-5-7-25(11)15-3-2-12(8-13(15)18)9-22-17(26)14-4-6-24(23-14)10-16(19)20/h2-8,16H,9-10H2,1H3,(H,22,26). The number of halogens is 3. The fourth-order valence-electron chi connectivity index (χ4n) is 2.49. The van der Waals surface area contributed by atoms with Gasteiger partial charge in [-0.25, -0.2) is 18.2 Å². The number of benzene rings is 1. The molecule has 0 aliphatic rings. The Morgan fingerprint density at radius 3 is 2.73 bits per heavy atom. The number of aromatic nitrogens is 4. The zero-order valence-corrected chi connectivity index (χ0v) is 13.9. The molecule has 2 aromatic heterocycles. The molecule has 0 saturated heterocycles. The summed E-state index contributed by atoms with van der Waals surface area (Å²) in [6.07, 6.45) is 2.00. The van der Waals surface area contributed by atoms with Gasteiger partial charge in [-0.2, -0.15) is 5.10 Å². The number of carbonyl (C=O) groups is 1. The van der Waals surface area contributed by atoms with E-state index < -0.39 is 24.7 Å². The first-order valence-electron chi connectivity index (χ1n) is 7.82. The van der Waals surface area contributed by atoms with Crippen molar-refractivity contribution < 1.29 is 18.0 Å². The van der Waals surface area contributed by atoms with Crippen LogP contribution in [-0.2, 0) is 13.1 Å². The first-order valence-corrected chi connectivity index (χ1v) is 7.82. The van der Waals surface area contributed by atoms with E-state index in [0.29, 0.717) is 17.1 Å². The normalized spacial score (nSPS) is 11.1. The van der Waals surface area contributed by atoms with E-state index in [-0.39, 0.29) is 12.2 Å². The van der Waals surface area contributed by atoms with Gasteiger partial charge in [0, 0.05) is 25.1 Å². The van der Waals surface area contributed by atoms with Gasteiger partial charge in [-0.15, -0.1) is 0 Å². The van der Waals surface area contributed by atoms with Gasteiger partial charge >= 0.3 is 0 Å². The van der Waals surface area contributed by atoms with E-state index in [4.69, 9.17) is 0 Å². The highest BCUT2D eigenvalue weighted by Crippen LogP contribution is 2.16. The average Bonchev–Trinajstić information content (AvgIpc) is 3.21. The SMILES string of the molecule is Cc1nccn1-c1ccc(CNC(=O)c2ccn(CC(F)F)n2)cc1F. The third-order valence-electron chi connectivity index (χ3n) is 3.75. The minimum atomic E-state index is -2.55. The molecule has 0 fully saturated rings. The molecule has 3 rings (SSSR count). The highest BCUT2D eigenvalue weighted by atomic mass is 19.3. The van der Waals surface area contributed by atoms with Gasteiger partial charge < -0.3 is 9.88 Å². The van der Waals surface area contributed by atoms with Gasteiger partial charge in [0.2, 0.25) is 0 Å². The molecule has 26 heavy (non-hydrogen) atoms. The van der Waals surface area contributed by atoms with E-state index in [1.807, 2.05) is 0 Å². The Hall–Kier alpha value is -3.10. The first-order chi connectivity index (χ1) is 12.4. The van der Waals surface area contributed by atoms with Crippen LogP contribution in [0.2, 0.25) is 0 Å². The molecule has 0 unspecified atom stereocenters. The molecule has 0 radical (unpaired) electrons. The van der Waals surface area contributed by atoms with Crippen LogP contribution in [0.3, 0.4) is 0 Å². The van der Waals surface area contributed by atoms with Crippen LogP contribution < -0.4 is 5.32 Å².